The van der Waals surface area contributed by atoms with E-state index in [1.54, 1.807) is 7.11 Å². The molecular formula is C4H10NO2P. The van der Waals surface area contributed by atoms with E-state index >= 15 is 0 Å². The van der Waals surface area contributed by atoms with E-state index < -0.39 is 8.53 Å². The monoisotopic (exact) mass is 135 g/mol. The lowest BCUT2D eigenvalue weighted by Gasteiger charge is -2.19. The molecule has 3 nitrogen and oxygen atoms in total. The van der Waals surface area contributed by atoms with Gasteiger partial charge in [-0.3, -0.25) is 5.09 Å². The van der Waals surface area contributed by atoms with E-state index in [2.05, 4.69) is 5.09 Å². The Balaban J connectivity index is 2.13. The van der Waals surface area contributed by atoms with Crippen LogP contribution in [0.1, 0.15) is 6.42 Å². The van der Waals surface area contributed by atoms with Crippen molar-refractivity contribution in [3.05, 3.63) is 0 Å². The smallest absolute Gasteiger partial charge is 0.255 e. The molecule has 1 atom stereocenters. The molecule has 4 heteroatoms. The molecule has 1 rings (SSSR count). The average molecular weight is 135 g/mol. The van der Waals surface area contributed by atoms with Gasteiger partial charge in [0.15, 0.2) is 0 Å². The van der Waals surface area contributed by atoms with Crippen LogP contribution in [-0.2, 0) is 9.05 Å². The standard InChI is InChI=1S/C4H10NO2P/c1-6-8-5-3-2-4-7-8/h5H,2-4H2,1H3. The minimum atomic E-state index is -0.720. The van der Waals surface area contributed by atoms with Crippen LogP contribution in [0.25, 0.3) is 0 Å². The van der Waals surface area contributed by atoms with Crippen molar-refractivity contribution in [1.82, 2.24) is 5.09 Å². The molecule has 0 saturated carbocycles. The average Bonchev–Trinajstić information content (AvgIpc) is 1.90. The van der Waals surface area contributed by atoms with Crippen LogP contribution >= 0.6 is 8.53 Å². The summed E-state index contributed by atoms with van der Waals surface area (Å²) in [7, 11) is 0.937. The number of rotatable bonds is 1. The molecule has 8 heavy (non-hydrogen) atoms. The second-order valence-electron chi connectivity index (χ2n) is 1.53. The van der Waals surface area contributed by atoms with Gasteiger partial charge >= 0.3 is 0 Å². The zero-order chi connectivity index (χ0) is 5.82. The van der Waals surface area contributed by atoms with Crippen molar-refractivity contribution in [2.75, 3.05) is 20.3 Å². The Morgan fingerprint density at radius 1 is 1.75 bits per heavy atom. The minimum absolute atomic E-state index is 0.720. The predicted molar refractivity (Wildman–Crippen MR) is 32.5 cm³/mol. The number of hydrogen-bond donors (Lipinski definition) is 1. The Morgan fingerprint density at radius 2 is 2.62 bits per heavy atom. The fourth-order valence-corrected chi connectivity index (χ4v) is 1.51. The quantitative estimate of drug-likeness (QED) is 0.541. The molecule has 1 N–H and O–H groups in total. The first-order chi connectivity index (χ1) is 3.93. The van der Waals surface area contributed by atoms with E-state index in [0.29, 0.717) is 0 Å². The van der Waals surface area contributed by atoms with Gasteiger partial charge in [0, 0.05) is 13.7 Å². The Labute approximate surface area is 50.3 Å². The maximum Gasteiger partial charge on any atom is 0.255 e. The minimum Gasteiger partial charge on any atom is -0.325 e. The molecule has 0 amide bonds. The summed E-state index contributed by atoms with van der Waals surface area (Å²) < 4.78 is 10.1. The predicted octanol–water partition coefficient (Wildman–Crippen LogP) is 0.870. The van der Waals surface area contributed by atoms with Crippen LogP contribution in [0.5, 0.6) is 0 Å². The molecule has 1 unspecified atom stereocenters. The zero-order valence-corrected chi connectivity index (χ0v) is 5.78. The Bertz CT molecular complexity index is 65.1. The maximum atomic E-state index is 5.16. The maximum absolute atomic E-state index is 5.16. The molecule has 0 aromatic rings. The normalized spacial score (nSPS) is 30.4. The van der Waals surface area contributed by atoms with Gasteiger partial charge in [-0.1, -0.05) is 0 Å². The van der Waals surface area contributed by atoms with E-state index in [0.717, 1.165) is 19.6 Å². The second kappa shape index (κ2) is 3.36. The first kappa shape index (κ1) is 6.43. The van der Waals surface area contributed by atoms with Gasteiger partial charge in [0.05, 0.1) is 6.61 Å². The molecule has 1 heterocycles. The number of nitrogens with one attached hydrogen (secondary N) is 1. The molecule has 0 bridgehead atoms. The Hall–Kier alpha value is 0.310. The highest BCUT2D eigenvalue weighted by molar-refractivity contribution is 7.44. The summed E-state index contributed by atoms with van der Waals surface area (Å²) in [6, 6.07) is 0. The summed E-state index contributed by atoms with van der Waals surface area (Å²) in [6.07, 6.45) is 1.10. The van der Waals surface area contributed by atoms with Crippen LogP contribution in [-0.4, -0.2) is 20.3 Å². The largest absolute Gasteiger partial charge is 0.325 e. The van der Waals surface area contributed by atoms with Crippen LogP contribution in [0, 0.1) is 0 Å². The summed E-state index contributed by atoms with van der Waals surface area (Å²) in [5.41, 5.74) is 0. The molecular weight excluding hydrogens is 125 g/mol. The fraction of sp³-hybridized carbons (Fsp3) is 1.00. The Kier molecular flexibility index (Phi) is 2.70. The van der Waals surface area contributed by atoms with Crippen molar-refractivity contribution < 1.29 is 9.05 Å². The van der Waals surface area contributed by atoms with Crippen LogP contribution in [0.15, 0.2) is 0 Å². The molecule has 0 spiro atoms. The first-order valence-corrected chi connectivity index (χ1v) is 3.82. The van der Waals surface area contributed by atoms with Crippen molar-refractivity contribution in [1.29, 1.82) is 0 Å². The van der Waals surface area contributed by atoms with Crippen LogP contribution in [0.3, 0.4) is 0 Å². The summed E-state index contributed by atoms with van der Waals surface area (Å²) in [6.45, 7) is 1.87. The summed E-state index contributed by atoms with van der Waals surface area (Å²) in [5.74, 6) is 0. The van der Waals surface area contributed by atoms with Gasteiger partial charge in [-0.05, 0) is 6.42 Å². The highest BCUT2D eigenvalue weighted by atomic mass is 31.2. The summed E-state index contributed by atoms with van der Waals surface area (Å²) >= 11 is 0. The summed E-state index contributed by atoms with van der Waals surface area (Å²) in [5, 5.41) is 3.09. The van der Waals surface area contributed by atoms with Gasteiger partial charge in [0.25, 0.3) is 8.53 Å². The van der Waals surface area contributed by atoms with Gasteiger partial charge in [0.2, 0.25) is 0 Å². The second-order valence-corrected chi connectivity index (χ2v) is 2.99. The van der Waals surface area contributed by atoms with Gasteiger partial charge in [-0.25, -0.2) is 0 Å². The lowest BCUT2D eigenvalue weighted by molar-refractivity contribution is 0.251. The first-order valence-electron chi connectivity index (χ1n) is 2.64. The zero-order valence-electron chi connectivity index (χ0n) is 4.89. The molecule has 0 radical (unpaired) electrons. The van der Waals surface area contributed by atoms with E-state index in [1.807, 2.05) is 0 Å². The van der Waals surface area contributed by atoms with Gasteiger partial charge in [-0.2, -0.15) is 0 Å². The van der Waals surface area contributed by atoms with Gasteiger partial charge < -0.3 is 9.05 Å². The highest BCUT2D eigenvalue weighted by Gasteiger charge is 2.11. The van der Waals surface area contributed by atoms with E-state index in [4.69, 9.17) is 9.05 Å². The molecule has 1 saturated heterocycles. The third-order valence-electron chi connectivity index (χ3n) is 0.936. The fourth-order valence-electron chi connectivity index (χ4n) is 0.553. The SMILES string of the molecule is COP1NCCCO1. The lowest BCUT2D eigenvalue weighted by atomic mass is 10.5. The van der Waals surface area contributed by atoms with Crippen molar-refractivity contribution in [3.8, 4) is 0 Å². The van der Waals surface area contributed by atoms with Crippen molar-refractivity contribution >= 4 is 8.53 Å². The van der Waals surface area contributed by atoms with E-state index in [1.165, 1.54) is 0 Å². The van der Waals surface area contributed by atoms with Crippen LogP contribution < -0.4 is 5.09 Å². The lowest BCUT2D eigenvalue weighted by Crippen LogP contribution is -2.18. The van der Waals surface area contributed by atoms with Crippen molar-refractivity contribution in [2.45, 2.75) is 6.42 Å². The number of hydrogen-bond acceptors (Lipinski definition) is 3. The molecule has 1 aliphatic heterocycles. The third kappa shape index (κ3) is 1.67. The third-order valence-corrected chi connectivity index (χ3v) is 2.17. The molecule has 0 aromatic carbocycles. The Morgan fingerprint density at radius 3 is 3.00 bits per heavy atom. The summed E-state index contributed by atoms with van der Waals surface area (Å²) in [4.78, 5) is 0. The van der Waals surface area contributed by atoms with Crippen LogP contribution in [0.4, 0.5) is 0 Å². The van der Waals surface area contributed by atoms with Gasteiger partial charge in [0.1, 0.15) is 0 Å². The molecule has 0 aromatic heterocycles. The molecule has 1 fully saturated rings. The van der Waals surface area contributed by atoms with Crippen molar-refractivity contribution in [3.63, 3.8) is 0 Å². The molecule has 48 valence electrons. The van der Waals surface area contributed by atoms with Crippen LogP contribution in [0.2, 0.25) is 0 Å². The van der Waals surface area contributed by atoms with E-state index in [9.17, 15) is 0 Å². The van der Waals surface area contributed by atoms with E-state index in [-0.39, 0.29) is 0 Å². The molecule has 0 aliphatic carbocycles. The van der Waals surface area contributed by atoms with Crippen molar-refractivity contribution in [2.24, 2.45) is 0 Å². The highest BCUT2D eigenvalue weighted by Crippen LogP contribution is 2.33. The molecule has 1 aliphatic rings. The topological polar surface area (TPSA) is 30.5 Å². The van der Waals surface area contributed by atoms with Gasteiger partial charge in [-0.15, -0.1) is 0 Å².